The van der Waals surface area contributed by atoms with Crippen molar-refractivity contribution in [2.24, 2.45) is 0 Å². The van der Waals surface area contributed by atoms with Gasteiger partial charge in [0.2, 0.25) is 0 Å². The number of carbonyl (C=O) groups excluding carboxylic acids is 1. The molecule has 6 nitrogen and oxygen atoms in total. The van der Waals surface area contributed by atoms with Gasteiger partial charge in [-0.3, -0.25) is 4.90 Å². The minimum atomic E-state index is -0.221. The fourth-order valence-corrected chi connectivity index (χ4v) is 2.81. The number of anilines is 1. The third-order valence-electron chi connectivity index (χ3n) is 4.33. The normalized spacial score (nSPS) is 14.7. The van der Waals surface area contributed by atoms with Gasteiger partial charge in [-0.15, -0.1) is 0 Å². The first-order valence-electron chi connectivity index (χ1n) is 8.80. The summed E-state index contributed by atoms with van der Waals surface area (Å²) >= 11 is 0. The molecular weight excluding hydrogens is 330 g/mol. The Balaban J connectivity index is 1.44. The van der Waals surface area contributed by atoms with Crippen LogP contribution in [0.1, 0.15) is 11.1 Å². The summed E-state index contributed by atoms with van der Waals surface area (Å²) in [5, 5.41) is 5.71. The number of hydrogen-bond acceptors (Lipinski definition) is 4. The molecule has 0 unspecified atom stereocenters. The predicted octanol–water partition coefficient (Wildman–Crippen LogP) is 2.85. The lowest BCUT2D eigenvalue weighted by molar-refractivity contribution is 0.0342. The third-order valence-corrected chi connectivity index (χ3v) is 4.33. The molecule has 2 N–H and O–H groups in total. The first-order valence-corrected chi connectivity index (χ1v) is 8.80. The Morgan fingerprint density at radius 3 is 2.35 bits per heavy atom. The number of amides is 2. The lowest BCUT2D eigenvalue weighted by Crippen LogP contribution is -2.35. The van der Waals surface area contributed by atoms with Crippen molar-refractivity contribution in [3.8, 4) is 5.75 Å². The highest BCUT2D eigenvalue weighted by molar-refractivity contribution is 5.89. The summed E-state index contributed by atoms with van der Waals surface area (Å²) in [6, 6.07) is 15.4. The Morgan fingerprint density at radius 2 is 1.69 bits per heavy atom. The van der Waals surface area contributed by atoms with E-state index in [1.165, 1.54) is 5.56 Å². The summed E-state index contributed by atoms with van der Waals surface area (Å²) in [6.07, 6.45) is 0. The van der Waals surface area contributed by atoms with Gasteiger partial charge in [0.15, 0.2) is 0 Å². The van der Waals surface area contributed by atoms with Crippen molar-refractivity contribution in [3.63, 3.8) is 0 Å². The first kappa shape index (κ1) is 18.2. The summed E-state index contributed by atoms with van der Waals surface area (Å²) in [5.41, 5.74) is 3.03. The van der Waals surface area contributed by atoms with Crippen molar-refractivity contribution in [1.29, 1.82) is 0 Å². The van der Waals surface area contributed by atoms with Crippen molar-refractivity contribution in [1.82, 2.24) is 10.2 Å². The maximum absolute atomic E-state index is 12.0. The minimum absolute atomic E-state index is 0.221. The van der Waals surface area contributed by atoms with E-state index in [9.17, 15) is 4.79 Å². The summed E-state index contributed by atoms with van der Waals surface area (Å²) in [7, 11) is 1.63. The lowest BCUT2D eigenvalue weighted by atomic mass is 10.2. The molecule has 0 aliphatic carbocycles. The number of ether oxygens (including phenoxy) is 2. The molecule has 0 atom stereocenters. The molecule has 2 aromatic carbocycles. The fourth-order valence-electron chi connectivity index (χ4n) is 2.81. The van der Waals surface area contributed by atoms with Crippen LogP contribution in [0.3, 0.4) is 0 Å². The topological polar surface area (TPSA) is 62.8 Å². The third kappa shape index (κ3) is 5.47. The van der Waals surface area contributed by atoms with Gasteiger partial charge in [0, 0.05) is 31.9 Å². The molecule has 2 amide bonds. The van der Waals surface area contributed by atoms with Gasteiger partial charge in [0.25, 0.3) is 0 Å². The number of benzene rings is 2. The molecular formula is C20H25N3O3. The van der Waals surface area contributed by atoms with E-state index in [2.05, 4.69) is 27.7 Å². The second-order valence-corrected chi connectivity index (χ2v) is 6.24. The van der Waals surface area contributed by atoms with E-state index >= 15 is 0 Å². The molecule has 0 bridgehead atoms. The number of nitrogens with zero attached hydrogens (tertiary/aromatic N) is 1. The van der Waals surface area contributed by atoms with Gasteiger partial charge in [-0.05, 0) is 35.4 Å². The number of nitrogens with one attached hydrogen (secondary N) is 2. The van der Waals surface area contributed by atoms with Crippen molar-refractivity contribution >= 4 is 11.7 Å². The highest BCUT2D eigenvalue weighted by Crippen LogP contribution is 2.13. The molecule has 1 fully saturated rings. The van der Waals surface area contributed by atoms with Crippen molar-refractivity contribution in [3.05, 3.63) is 59.7 Å². The molecule has 26 heavy (non-hydrogen) atoms. The van der Waals surface area contributed by atoms with Crippen LogP contribution < -0.4 is 15.4 Å². The molecule has 0 radical (unpaired) electrons. The predicted molar refractivity (Wildman–Crippen MR) is 101 cm³/mol. The van der Waals surface area contributed by atoms with Crippen molar-refractivity contribution in [2.75, 3.05) is 38.7 Å². The van der Waals surface area contributed by atoms with E-state index in [1.807, 2.05) is 36.4 Å². The zero-order valence-electron chi connectivity index (χ0n) is 15.0. The van der Waals surface area contributed by atoms with E-state index in [-0.39, 0.29) is 6.03 Å². The van der Waals surface area contributed by atoms with Crippen LogP contribution in [0.2, 0.25) is 0 Å². The van der Waals surface area contributed by atoms with Gasteiger partial charge in [-0.1, -0.05) is 24.3 Å². The second kappa shape index (κ2) is 9.22. The number of hydrogen-bond donors (Lipinski definition) is 2. The minimum Gasteiger partial charge on any atom is -0.497 e. The van der Waals surface area contributed by atoms with E-state index < -0.39 is 0 Å². The molecule has 1 heterocycles. The second-order valence-electron chi connectivity index (χ2n) is 6.24. The van der Waals surface area contributed by atoms with Gasteiger partial charge in [-0.25, -0.2) is 4.79 Å². The SMILES string of the molecule is COc1ccc(CNC(=O)Nc2ccc(CN3CCOCC3)cc2)cc1. The number of urea groups is 1. The lowest BCUT2D eigenvalue weighted by Gasteiger charge is -2.26. The molecule has 138 valence electrons. The Bertz CT molecular complexity index is 695. The number of methoxy groups -OCH3 is 1. The highest BCUT2D eigenvalue weighted by atomic mass is 16.5. The average molecular weight is 355 g/mol. The zero-order chi connectivity index (χ0) is 18.2. The zero-order valence-corrected chi connectivity index (χ0v) is 15.0. The van der Waals surface area contributed by atoms with Crippen molar-refractivity contribution in [2.45, 2.75) is 13.1 Å². The number of rotatable bonds is 6. The molecule has 0 aromatic heterocycles. The van der Waals surface area contributed by atoms with Crippen LogP contribution in [0.15, 0.2) is 48.5 Å². The number of morpholine rings is 1. The summed E-state index contributed by atoms with van der Waals surface area (Å²) in [6.45, 7) is 4.90. The Labute approximate surface area is 154 Å². The summed E-state index contributed by atoms with van der Waals surface area (Å²) in [4.78, 5) is 14.4. The largest absolute Gasteiger partial charge is 0.497 e. The van der Waals surface area contributed by atoms with Crippen LogP contribution in [0.5, 0.6) is 5.75 Å². The van der Waals surface area contributed by atoms with Crippen molar-refractivity contribution < 1.29 is 14.3 Å². The molecule has 1 aliphatic rings. The smallest absolute Gasteiger partial charge is 0.319 e. The Hall–Kier alpha value is -2.57. The van der Waals surface area contributed by atoms with E-state index in [0.717, 1.165) is 49.8 Å². The first-order chi connectivity index (χ1) is 12.7. The van der Waals surface area contributed by atoms with Crippen LogP contribution >= 0.6 is 0 Å². The average Bonchev–Trinajstić information content (AvgIpc) is 2.69. The molecule has 1 saturated heterocycles. The quantitative estimate of drug-likeness (QED) is 0.836. The summed E-state index contributed by atoms with van der Waals surface area (Å²) in [5.74, 6) is 0.801. The van der Waals surface area contributed by atoms with E-state index in [1.54, 1.807) is 7.11 Å². The van der Waals surface area contributed by atoms with Crippen LogP contribution in [-0.4, -0.2) is 44.3 Å². The summed E-state index contributed by atoms with van der Waals surface area (Å²) < 4.78 is 10.5. The highest BCUT2D eigenvalue weighted by Gasteiger charge is 2.10. The fraction of sp³-hybridized carbons (Fsp3) is 0.350. The monoisotopic (exact) mass is 355 g/mol. The molecule has 3 rings (SSSR count). The van der Waals surface area contributed by atoms with Crippen LogP contribution in [0, 0.1) is 0 Å². The maximum atomic E-state index is 12.0. The molecule has 6 heteroatoms. The number of carbonyl (C=O) groups is 1. The van der Waals surface area contributed by atoms with Crippen LogP contribution in [0.4, 0.5) is 10.5 Å². The molecule has 2 aromatic rings. The maximum Gasteiger partial charge on any atom is 0.319 e. The van der Waals surface area contributed by atoms with E-state index in [0.29, 0.717) is 6.54 Å². The Kier molecular flexibility index (Phi) is 6.46. The van der Waals surface area contributed by atoms with Gasteiger partial charge >= 0.3 is 6.03 Å². The Morgan fingerprint density at radius 1 is 1.04 bits per heavy atom. The molecule has 0 spiro atoms. The molecule has 1 aliphatic heterocycles. The van der Waals surface area contributed by atoms with Gasteiger partial charge in [-0.2, -0.15) is 0 Å². The van der Waals surface area contributed by atoms with Gasteiger partial charge in [0.05, 0.1) is 20.3 Å². The molecule has 0 saturated carbocycles. The van der Waals surface area contributed by atoms with E-state index in [4.69, 9.17) is 9.47 Å². The van der Waals surface area contributed by atoms with Gasteiger partial charge < -0.3 is 20.1 Å². The van der Waals surface area contributed by atoms with Crippen LogP contribution in [-0.2, 0) is 17.8 Å². The van der Waals surface area contributed by atoms with Crippen LogP contribution in [0.25, 0.3) is 0 Å². The van der Waals surface area contributed by atoms with Gasteiger partial charge in [0.1, 0.15) is 5.75 Å². The standard InChI is InChI=1S/C20H25N3O3/c1-25-19-8-4-16(5-9-19)14-21-20(24)22-18-6-2-17(3-7-18)15-23-10-12-26-13-11-23/h2-9H,10-15H2,1H3,(H2,21,22,24).